The van der Waals surface area contributed by atoms with Crippen molar-refractivity contribution in [1.82, 2.24) is 5.01 Å². The lowest BCUT2D eigenvalue weighted by atomic mass is 9.85. The van der Waals surface area contributed by atoms with Crippen LogP contribution in [0.3, 0.4) is 0 Å². The van der Waals surface area contributed by atoms with Crippen LogP contribution in [-0.4, -0.2) is 39.5 Å². The number of rotatable bonds is 9. The standard InChI is InChI=1S/C25H22N4O8/c1-2-36-20-10-15(12-26-27-24(30)21-16-6-7-17(11-16)22(21)25(27)31)9-19(29(34)35)23(20)37-13-14-4-3-5-18(8-14)28(32)33/h3-10,12,16-17,21-22H,2,11,13H2,1H3/t16-,17-,21-,22+/m0/s1. The summed E-state index contributed by atoms with van der Waals surface area (Å²) in [6, 6.07) is 8.39. The molecule has 4 atom stereocenters. The predicted octanol–water partition coefficient (Wildman–Crippen LogP) is 3.62. The molecule has 0 radical (unpaired) electrons. The fraction of sp³-hybridized carbons (Fsp3) is 0.320. The number of non-ortho nitro benzene ring substituents is 1. The van der Waals surface area contributed by atoms with Crippen LogP contribution in [0, 0.1) is 43.9 Å². The van der Waals surface area contributed by atoms with Crippen molar-refractivity contribution in [3.63, 3.8) is 0 Å². The third kappa shape index (κ3) is 4.30. The van der Waals surface area contributed by atoms with Gasteiger partial charge in [-0.3, -0.25) is 29.8 Å². The van der Waals surface area contributed by atoms with E-state index in [0.29, 0.717) is 5.56 Å². The highest BCUT2D eigenvalue weighted by molar-refractivity contribution is 6.06. The highest BCUT2D eigenvalue weighted by Crippen LogP contribution is 2.52. The Bertz CT molecular complexity index is 1340. The number of allylic oxidation sites excluding steroid dienone is 2. The molecule has 0 aromatic heterocycles. The van der Waals surface area contributed by atoms with Crippen LogP contribution in [-0.2, 0) is 16.2 Å². The first-order chi connectivity index (χ1) is 17.8. The summed E-state index contributed by atoms with van der Waals surface area (Å²) in [5.74, 6) is -1.54. The molecule has 0 unspecified atom stereocenters. The molecule has 37 heavy (non-hydrogen) atoms. The average Bonchev–Trinajstić information content (AvgIpc) is 3.56. The average molecular weight is 506 g/mol. The van der Waals surface area contributed by atoms with Gasteiger partial charge in [0.2, 0.25) is 5.75 Å². The fourth-order valence-electron chi connectivity index (χ4n) is 5.27. The van der Waals surface area contributed by atoms with Crippen molar-refractivity contribution < 1.29 is 28.9 Å². The summed E-state index contributed by atoms with van der Waals surface area (Å²) < 4.78 is 11.3. The number of fused-ring (bicyclic) bond motifs is 5. The maximum absolute atomic E-state index is 12.9. The van der Waals surface area contributed by atoms with Crippen molar-refractivity contribution in [3.05, 3.63) is 79.9 Å². The van der Waals surface area contributed by atoms with E-state index in [1.54, 1.807) is 13.0 Å². The molecule has 2 aliphatic carbocycles. The molecule has 1 saturated carbocycles. The van der Waals surface area contributed by atoms with Crippen molar-refractivity contribution in [3.8, 4) is 11.5 Å². The van der Waals surface area contributed by atoms with Gasteiger partial charge >= 0.3 is 5.69 Å². The number of nitrogens with zero attached hydrogens (tertiary/aromatic N) is 4. The molecule has 12 nitrogen and oxygen atoms in total. The molecule has 2 aromatic rings. The number of ether oxygens (including phenoxy) is 2. The van der Waals surface area contributed by atoms with Gasteiger partial charge < -0.3 is 9.47 Å². The van der Waals surface area contributed by atoms with Gasteiger partial charge in [-0.05, 0) is 36.8 Å². The lowest BCUT2D eigenvalue weighted by Gasteiger charge is -2.14. The normalized spacial score (nSPS) is 23.6. The topological polar surface area (TPSA) is 154 Å². The zero-order valence-electron chi connectivity index (χ0n) is 19.7. The third-order valence-corrected chi connectivity index (χ3v) is 6.83. The van der Waals surface area contributed by atoms with Crippen LogP contribution < -0.4 is 9.47 Å². The Morgan fingerprint density at radius 1 is 1.03 bits per heavy atom. The first kappa shape index (κ1) is 24.1. The van der Waals surface area contributed by atoms with Gasteiger partial charge in [0.25, 0.3) is 17.5 Å². The lowest BCUT2D eigenvalue weighted by molar-refractivity contribution is -0.386. The molecule has 5 rings (SSSR count). The van der Waals surface area contributed by atoms with Gasteiger partial charge in [-0.15, -0.1) is 0 Å². The number of amides is 2. The second kappa shape index (κ2) is 9.45. The van der Waals surface area contributed by atoms with E-state index in [1.165, 1.54) is 36.5 Å². The number of hydrogen-bond acceptors (Lipinski definition) is 9. The monoisotopic (exact) mass is 506 g/mol. The molecule has 1 aliphatic heterocycles. The quantitative estimate of drug-likeness (QED) is 0.164. The molecule has 0 spiro atoms. The molecule has 190 valence electrons. The first-order valence-corrected chi connectivity index (χ1v) is 11.7. The molecule has 2 amide bonds. The van der Waals surface area contributed by atoms with Gasteiger partial charge in [0.1, 0.15) is 6.61 Å². The van der Waals surface area contributed by atoms with Crippen molar-refractivity contribution in [2.24, 2.45) is 28.8 Å². The van der Waals surface area contributed by atoms with Crippen molar-refractivity contribution in [1.29, 1.82) is 0 Å². The maximum Gasteiger partial charge on any atom is 0.315 e. The van der Waals surface area contributed by atoms with Crippen molar-refractivity contribution >= 4 is 29.4 Å². The lowest BCUT2D eigenvalue weighted by Crippen LogP contribution is -2.28. The summed E-state index contributed by atoms with van der Waals surface area (Å²) in [5.41, 5.74) is 0.121. The Kier molecular flexibility index (Phi) is 6.15. The molecule has 3 aliphatic rings. The van der Waals surface area contributed by atoms with Crippen LogP contribution >= 0.6 is 0 Å². The molecule has 0 N–H and O–H groups in total. The maximum atomic E-state index is 12.9. The van der Waals surface area contributed by atoms with Crippen LogP contribution in [0.1, 0.15) is 24.5 Å². The van der Waals surface area contributed by atoms with Gasteiger partial charge in [0.15, 0.2) is 5.75 Å². The van der Waals surface area contributed by atoms with E-state index in [1.807, 2.05) is 12.2 Å². The Morgan fingerprint density at radius 3 is 2.35 bits per heavy atom. The molecule has 2 fully saturated rings. The van der Waals surface area contributed by atoms with E-state index >= 15 is 0 Å². The molecular formula is C25H22N4O8. The SMILES string of the molecule is CCOc1cc(C=NN2C(=O)[C@@H]3[C@H](C2=O)[C@H]2C=C[C@H]3C2)cc([N+](=O)[O-])c1OCc1cccc([N+](=O)[O-])c1. The van der Waals surface area contributed by atoms with Crippen molar-refractivity contribution in [2.75, 3.05) is 6.61 Å². The Balaban J connectivity index is 1.41. The molecular weight excluding hydrogens is 484 g/mol. The Hall–Kier alpha value is -4.61. The molecule has 2 bridgehead atoms. The summed E-state index contributed by atoms with van der Waals surface area (Å²) in [7, 11) is 0. The minimum absolute atomic E-state index is 0.0415. The van der Waals surface area contributed by atoms with Gasteiger partial charge in [0.05, 0.1) is 34.5 Å². The fourth-order valence-corrected chi connectivity index (χ4v) is 5.27. The van der Waals surface area contributed by atoms with E-state index in [0.717, 1.165) is 11.4 Å². The van der Waals surface area contributed by atoms with E-state index in [2.05, 4.69) is 5.10 Å². The number of nitro groups is 2. The number of hydrazone groups is 1. The number of nitro benzene ring substituents is 2. The van der Waals surface area contributed by atoms with Gasteiger partial charge in [-0.1, -0.05) is 24.3 Å². The van der Waals surface area contributed by atoms with E-state index in [4.69, 9.17) is 9.47 Å². The van der Waals surface area contributed by atoms with Gasteiger partial charge in [-0.2, -0.15) is 10.1 Å². The van der Waals surface area contributed by atoms with Crippen LogP contribution in [0.5, 0.6) is 11.5 Å². The molecule has 1 saturated heterocycles. The molecule has 2 aromatic carbocycles. The molecule has 12 heteroatoms. The van der Waals surface area contributed by atoms with E-state index in [9.17, 15) is 29.8 Å². The zero-order chi connectivity index (χ0) is 26.3. The predicted molar refractivity (Wildman–Crippen MR) is 129 cm³/mol. The largest absolute Gasteiger partial charge is 0.490 e. The number of imide groups is 1. The van der Waals surface area contributed by atoms with Crippen molar-refractivity contribution in [2.45, 2.75) is 20.0 Å². The first-order valence-electron chi connectivity index (χ1n) is 11.7. The highest BCUT2D eigenvalue weighted by Gasteiger charge is 2.59. The van der Waals surface area contributed by atoms with Crippen LogP contribution in [0.4, 0.5) is 11.4 Å². The highest BCUT2D eigenvalue weighted by atomic mass is 16.6. The molecule has 1 heterocycles. The van der Waals surface area contributed by atoms with E-state index in [-0.39, 0.29) is 59.6 Å². The minimum atomic E-state index is -0.650. The summed E-state index contributed by atoms with van der Waals surface area (Å²) >= 11 is 0. The number of hydrogen-bond donors (Lipinski definition) is 0. The van der Waals surface area contributed by atoms with Gasteiger partial charge in [0, 0.05) is 23.8 Å². The van der Waals surface area contributed by atoms with Gasteiger partial charge in [-0.25, -0.2) is 0 Å². The second-order valence-corrected chi connectivity index (χ2v) is 9.01. The smallest absolute Gasteiger partial charge is 0.315 e. The third-order valence-electron chi connectivity index (χ3n) is 6.83. The Morgan fingerprint density at radius 2 is 1.73 bits per heavy atom. The minimum Gasteiger partial charge on any atom is -0.490 e. The van der Waals surface area contributed by atoms with Crippen LogP contribution in [0.25, 0.3) is 0 Å². The number of carbonyl (C=O) groups excluding carboxylic acids is 2. The number of carbonyl (C=O) groups is 2. The van der Waals surface area contributed by atoms with Crippen LogP contribution in [0.2, 0.25) is 0 Å². The summed E-state index contributed by atoms with van der Waals surface area (Å²) in [6.07, 6.45) is 5.97. The number of benzene rings is 2. The Labute approximate surface area is 210 Å². The summed E-state index contributed by atoms with van der Waals surface area (Å²) in [6.45, 7) is 1.69. The zero-order valence-corrected chi connectivity index (χ0v) is 19.7. The summed E-state index contributed by atoms with van der Waals surface area (Å²) in [4.78, 5) is 47.4. The van der Waals surface area contributed by atoms with E-state index < -0.39 is 27.4 Å². The second-order valence-electron chi connectivity index (χ2n) is 9.01. The van der Waals surface area contributed by atoms with Crippen LogP contribution in [0.15, 0.2) is 53.7 Å². The summed E-state index contributed by atoms with van der Waals surface area (Å²) in [5, 5.41) is 27.8.